The summed E-state index contributed by atoms with van der Waals surface area (Å²) in [5.74, 6) is 1.04. The highest BCUT2D eigenvalue weighted by Crippen LogP contribution is 2.29. The molecule has 18 heavy (non-hydrogen) atoms. The number of hydrogen-bond acceptors (Lipinski definition) is 4. The van der Waals surface area contributed by atoms with Crippen molar-refractivity contribution in [3.05, 3.63) is 0 Å². The van der Waals surface area contributed by atoms with Gasteiger partial charge in [-0.2, -0.15) is 8.42 Å². The van der Waals surface area contributed by atoms with Gasteiger partial charge in [0, 0.05) is 13.2 Å². The molecule has 0 N–H and O–H groups in total. The van der Waals surface area contributed by atoms with Crippen LogP contribution in [0.2, 0.25) is 0 Å². The van der Waals surface area contributed by atoms with Crippen LogP contribution in [0.15, 0.2) is 0 Å². The lowest BCUT2D eigenvalue weighted by molar-refractivity contribution is 0.0705. The van der Waals surface area contributed by atoms with E-state index in [2.05, 4.69) is 6.92 Å². The first-order chi connectivity index (χ1) is 8.51. The van der Waals surface area contributed by atoms with E-state index in [1.54, 1.807) is 0 Å². The predicted molar refractivity (Wildman–Crippen MR) is 72.0 cm³/mol. The third-order valence-electron chi connectivity index (χ3n) is 3.48. The summed E-state index contributed by atoms with van der Waals surface area (Å²) in [5.41, 5.74) is 0. The SMILES string of the molecule is CCCCOCC1CCC(COS(C)(=O)=O)CC1. The summed E-state index contributed by atoms with van der Waals surface area (Å²) in [5, 5.41) is 0. The Hall–Kier alpha value is -0.130. The Morgan fingerprint density at radius 3 is 2.11 bits per heavy atom. The van der Waals surface area contributed by atoms with E-state index in [4.69, 9.17) is 8.92 Å². The number of hydrogen-bond donors (Lipinski definition) is 0. The Kier molecular flexibility index (Phi) is 7.19. The fraction of sp³-hybridized carbons (Fsp3) is 1.00. The molecular formula is C13H26O4S. The van der Waals surface area contributed by atoms with Crippen LogP contribution in [-0.4, -0.2) is 34.5 Å². The van der Waals surface area contributed by atoms with Crippen molar-refractivity contribution in [2.75, 3.05) is 26.1 Å². The van der Waals surface area contributed by atoms with Crippen molar-refractivity contribution >= 4 is 10.1 Å². The third kappa shape index (κ3) is 7.34. The van der Waals surface area contributed by atoms with Crippen LogP contribution in [0, 0.1) is 11.8 Å². The molecular weight excluding hydrogens is 252 g/mol. The van der Waals surface area contributed by atoms with Gasteiger partial charge >= 0.3 is 0 Å². The largest absolute Gasteiger partial charge is 0.381 e. The van der Waals surface area contributed by atoms with Crippen LogP contribution in [0.1, 0.15) is 45.4 Å². The molecule has 1 aliphatic carbocycles. The number of unbranched alkanes of at least 4 members (excludes halogenated alkanes) is 1. The van der Waals surface area contributed by atoms with Crippen molar-refractivity contribution in [3.63, 3.8) is 0 Å². The molecule has 0 aliphatic heterocycles. The van der Waals surface area contributed by atoms with Crippen LogP contribution in [-0.2, 0) is 19.0 Å². The van der Waals surface area contributed by atoms with Crippen molar-refractivity contribution in [2.24, 2.45) is 11.8 Å². The van der Waals surface area contributed by atoms with Gasteiger partial charge in [0.2, 0.25) is 0 Å². The van der Waals surface area contributed by atoms with Gasteiger partial charge < -0.3 is 4.74 Å². The lowest BCUT2D eigenvalue weighted by Crippen LogP contribution is -2.22. The van der Waals surface area contributed by atoms with E-state index in [9.17, 15) is 8.42 Å². The molecule has 5 heteroatoms. The van der Waals surface area contributed by atoms with Crippen molar-refractivity contribution < 1.29 is 17.3 Å². The molecule has 0 aromatic rings. The molecule has 0 radical (unpaired) electrons. The zero-order chi connectivity index (χ0) is 13.4. The first-order valence-corrected chi connectivity index (χ1v) is 8.75. The highest BCUT2D eigenvalue weighted by atomic mass is 32.2. The summed E-state index contributed by atoms with van der Waals surface area (Å²) >= 11 is 0. The summed E-state index contributed by atoms with van der Waals surface area (Å²) in [6.07, 6.45) is 7.79. The fourth-order valence-corrected chi connectivity index (χ4v) is 2.72. The van der Waals surface area contributed by atoms with E-state index in [-0.39, 0.29) is 0 Å². The molecule has 0 aromatic heterocycles. The second kappa shape index (κ2) is 8.12. The molecule has 0 atom stereocenters. The summed E-state index contributed by atoms with van der Waals surface area (Å²) < 4.78 is 32.3. The maximum atomic E-state index is 10.9. The fourth-order valence-electron chi connectivity index (χ4n) is 2.28. The minimum absolute atomic E-state index is 0.349. The summed E-state index contributed by atoms with van der Waals surface area (Å²) in [6.45, 7) is 4.24. The van der Waals surface area contributed by atoms with Crippen molar-refractivity contribution in [1.82, 2.24) is 0 Å². The van der Waals surface area contributed by atoms with Crippen LogP contribution >= 0.6 is 0 Å². The van der Waals surface area contributed by atoms with E-state index >= 15 is 0 Å². The Bertz CT molecular complexity index is 305. The Morgan fingerprint density at radius 1 is 1.06 bits per heavy atom. The van der Waals surface area contributed by atoms with Gasteiger partial charge in [-0.15, -0.1) is 0 Å². The van der Waals surface area contributed by atoms with Crippen LogP contribution < -0.4 is 0 Å². The van der Waals surface area contributed by atoms with Crippen molar-refractivity contribution in [1.29, 1.82) is 0 Å². The lowest BCUT2D eigenvalue weighted by Gasteiger charge is -2.27. The van der Waals surface area contributed by atoms with Crippen LogP contribution in [0.3, 0.4) is 0 Å². The Labute approximate surface area is 111 Å². The molecule has 1 rings (SSSR count). The highest BCUT2D eigenvalue weighted by Gasteiger charge is 2.22. The summed E-state index contributed by atoms with van der Waals surface area (Å²) in [7, 11) is -3.28. The van der Waals surface area contributed by atoms with Gasteiger partial charge in [0.1, 0.15) is 0 Å². The Balaban J connectivity index is 2.09. The molecule has 0 spiro atoms. The van der Waals surface area contributed by atoms with E-state index in [1.165, 1.54) is 6.42 Å². The molecule has 1 saturated carbocycles. The second-order valence-corrected chi connectivity index (χ2v) is 6.95. The average Bonchev–Trinajstić information content (AvgIpc) is 2.33. The van der Waals surface area contributed by atoms with Crippen LogP contribution in [0.25, 0.3) is 0 Å². The molecule has 1 aliphatic rings. The monoisotopic (exact) mass is 278 g/mol. The van der Waals surface area contributed by atoms with E-state index in [1.807, 2.05) is 0 Å². The van der Waals surface area contributed by atoms with E-state index < -0.39 is 10.1 Å². The standard InChI is InChI=1S/C13H26O4S/c1-3-4-9-16-10-12-5-7-13(8-6-12)11-17-18(2,14)15/h12-13H,3-11H2,1-2H3. The van der Waals surface area contributed by atoms with Crippen LogP contribution in [0.5, 0.6) is 0 Å². The first kappa shape index (κ1) is 15.9. The van der Waals surface area contributed by atoms with E-state index in [0.29, 0.717) is 18.4 Å². The van der Waals surface area contributed by atoms with Gasteiger partial charge in [0.25, 0.3) is 10.1 Å². The molecule has 0 aromatic carbocycles. The zero-order valence-corrected chi connectivity index (χ0v) is 12.4. The molecule has 1 fully saturated rings. The van der Waals surface area contributed by atoms with Gasteiger partial charge in [0.15, 0.2) is 0 Å². The van der Waals surface area contributed by atoms with Crippen molar-refractivity contribution in [3.8, 4) is 0 Å². The maximum Gasteiger partial charge on any atom is 0.264 e. The minimum Gasteiger partial charge on any atom is -0.381 e. The van der Waals surface area contributed by atoms with Crippen LogP contribution in [0.4, 0.5) is 0 Å². The van der Waals surface area contributed by atoms with Gasteiger partial charge in [-0.05, 0) is 43.9 Å². The molecule has 0 heterocycles. The molecule has 0 bridgehead atoms. The molecule has 0 unspecified atom stereocenters. The smallest absolute Gasteiger partial charge is 0.264 e. The Morgan fingerprint density at radius 2 is 1.61 bits per heavy atom. The quantitative estimate of drug-likeness (QED) is 0.506. The van der Waals surface area contributed by atoms with Gasteiger partial charge in [-0.3, -0.25) is 4.18 Å². The van der Waals surface area contributed by atoms with Gasteiger partial charge in [-0.25, -0.2) is 0 Å². The molecule has 108 valence electrons. The molecule has 0 saturated heterocycles. The first-order valence-electron chi connectivity index (χ1n) is 6.93. The summed E-state index contributed by atoms with van der Waals surface area (Å²) in [4.78, 5) is 0. The summed E-state index contributed by atoms with van der Waals surface area (Å²) in [6, 6.07) is 0. The third-order valence-corrected chi connectivity index (χ3v) is 4.04. The number of rotatable bonds is 8. The topological polar surface area (TPSA) is 52.6 Å². The van der Waals surface area contributed by atoms with E-state index in [0.717, 1.165) is 51.6 Å². The minimum atomic E-state index is -3.28. The van der Waals surface area contributed by atoms with Gasteiger partial charge in [0.05, 0.1) is 12.9 Å². The second-order valence-electron chi connectivity index (χ2n) is 5.30. The lowest BCUT2D eigenvalue weighted by atomic mass is 9.83. The average molecular weight is 278 g/mol. The highest BCUT2D eigenvalue weighted by molar-refractivity contribution is 7.85. The normalized spacial score (nSPS) is 25.2. The zero-order valence-electron chi connectivity index (χ0n) is 11.6. The van der Waals surface area contributed by atoms with Gasteiger partial charge in [-0.1, -0.05) is 13.3 Å². The number of ether oxygens (including phenoxy) is 1. The molecule has 4 nitrogen and oxygen atoms in total. The predicted octanol–water partition coefficient (Wildman–Crippen LogP) is 2.59. The molecule has 0 amide bonds. The maximum absolute atomic E-state index is 10.9. The van der Waals surface area contributed by atoms with Crippen molar-refractivity contribution in [2.45, 2.75) is 45.4 Å².